The van der Waals surface area contributed by atoms with E-state index in [1.54, 1.807) is 0 Å². The molecule has 112 valence electrons. The van der Waals surface area contributed by atoms with Crippen molar-refractivity contribution in [3.8, 4) is 6.07 Å². The number of benzene rings is 2. The molecule has 0 radical (unpaired) electrons. The van der Waals surface area contributed by atoms with Crippen molar-refractivity contribution in [2.24, 2.45) is 0 Å². The van der Waals surface area contributed by atoms with Crippen LogP contribution >= 0.6 is 0 Å². The first-order valence-corrected chi connectivity index (χ1v) is 6.52. The van der Waals surface area contributed by atoms with Crippen molar-refractivity contribution < 1.29 is 13.2 Å². The zero-order valence-corrected chi connectivity index (χ0v) is 12.5. The third kappa shape index (κ3) is 6.62. The average molecular weight is 293 g/mol. The molecule has 0 aliphatic heterocycles. The lowest BCUT2D eigenvalue weighted by Crippen LogP contribution is -1.90. The van der Waals surface area contributed by atoms with Crippen molar-refractivity contribution in [3.05, 3.63) is 70.5 Å². The first-order valence-electron chi connectivity index (χ1n) is 6.52. The number of rotatable bonds is 0. The van der Waals surface area contributed by atoms with Crippen LogP contribution in [-0.2, 0) is 0 Å². The second kappa shape index (κ2) is 9.60. The molecule has 4 heteroatoms. The summed E-state index contributed by atoms with van der Waals surface area (Å²) in [6, 6.07) is 11.4. The molecule has 0 bridgehead atoms. The van der Waals surface area contributed by atoms with Gasteiger partial charge in [-0.15, -0.1) is 0 Å². The molecule has 0 heterocycles. The van der Waals surface area contributed by atoms with Crippen LogP contribution in [0, 0.1) is 42.6 Å². The van der Waals surface area contributed by atoms with E-state index in [2.05, 4.69) is 6.07 Å². The Morgan fingerprint density at radius 3 is 1.62 bits per heavy atom. The lowest BCUT2D eigenvalue weighted by Gasteiger charge is -1.95. The molecule has 0 atom stereocenters. The van der Waals surface area contributed by atoms with Gasteiger partial charge in [-0.3, -0.25) is 0 Å². The van der Waals surface area contributed by atoms with Gasteiger partial charge in [-0.1, -0.05) is 31.5 Å². The molecule has 0 saturated carbocycles. The number of nitrogens with zero attached hydrogens (tertiary/aromatic N) is 1. The van der Waals surface area contributed by atoms with Gasteiger partial charge in [0.2, 0.25) is 0 Å². The molecule has 0 unspecified atom stereocenters. The van der Waals surface area contributed by atoms with Crippen molar-refractivity contribution in [2.75, 3.05) is 0 Å². The van der Waals surface area contributed by atoms with Crippen LogP contribution in [0.25, 0.3) is 0 Å². The highest BCUT2D eigenvalue weighted by molar-refractivity contribution is 5.30. The number of halogens is 3. The van der Waals surface area contributed by atoms with Crippen molar-refractivity contribution in [1.29, 1.82) is 5.26 Å². The molecule has 2 aromatic carbocycles. The van der Waals surface area contributed by atoms with Gasteiger partial charge in [0, 0.05) is 0 Å². The molecular weight excluding hydrogens is 275 g/mol. The molecule has 0 aliphatic carbocycles. The first-order chi connectivity index (χ1) is 9.93. The van der Waals surface area contributed by atoms with Gasteiger partial charge in [0.15, 0.2) is 17.5 Å². The van der Waals surface area contributed by atoms with Crippen molar-refractivity contribution in [3.63, 3.8) is 0 Å². The number of hydrogen-bond acceptors (Lipinski definition) is 1. The lowest BCUT2D eigenvalue weighted by atomic mass is 10.2. The van der Waals surface area contributed by atoms with Crippen LogP contribution in [0.15, 0.2) is 36.4 Å². The van der Waals surface area contributed by atoms with Crippen LogP contribution in [0.5, 0.6) is 0 Å². The molecule has 2 rings (SSSR count). The van der Waals surface area contributed by atoms with E-state index < -0.39 is 17.5 Å². The average Bonchev–Trinajstić information content (AvgIpc) is 2.48. The number of hydrogen-bond donors (Lipinski definition) is 0. The van der Waals surface area contributed by atoms with E-state index in [0.717, 1.165) is 17.7 Å². The molecule has 0 fully saturated rings. The zero-order chi connectivity index (χ0) is 16.4. The molecule has 0 amide bonds. The predicted octanol–water partition coefficient (Wildman–Crippen LogP) is 5.31. The van der Waals surface area contributed by atoms with Gasteiger partial charge in [-0.25, -0.2) is 13.2 Å². The minimum absolute atomic E-state index is 0.372. The van der Waals surface area contributed by atoms with Gasteiger partial charge in [0.05, 0.1) is 11.6 Å². The summed E-state index contributed by atoms with van der Waals surface area (Å²) < 4.78 is 36.6. The predicted molar refractivity (Wildman–Crippen MR) is 78.3 cm³/mol. The van der Waals surface area contributed by atoms with Gasteiger partial charge in [0.25, 0.3) is 0 Å². The molecule has 0 aliphatic rings. The quantitative estimate of drug-likeness (QED) is 0.604. The fraction of sp³-hybridized carbons (Fsp3) is 0.235. The van der Waals surface area contributed by atoms with Crippen LogP contribution in [0.1, 0.15) is 30.5 Å². The van der Waals surface area contributed by atoms with E-state index in [9.17, 15) is 13.2 Å². The van der Waals surface area contributed by atoms with Gasteiger partial charge >= 0.3 is 0 Å². The fourth-order valence-corrected chi connectivity index (χ4v) is 1.31. The highest BCUT2D eigenvalue weighted by atomic mass is 19.2. The third-order valence-electron chi connectivity index (χ3n) is 2.31. The summed E-state index contributed by atoms with van der Waals surface area (Å²) in [4.78, 5) is 0. The Balaban J connectivity index is 0.000000342. The van der Waals surface area contributed by atoms with Crippen LogP contribution in [0.3, 0.4) is 0 Å². The Bertz CT molecular complexity index is 575. The van der Waals surface area contributed by atoms with Crippen LogP contribution < -0.4 is 0 Å². The maximum Gasteiger partial charge on any atom is 0.194 e. The molecular formula is C17H18F3N. The van der Waals surface area contributed by atoms with Crippen molar-refractivity contribution >= 4 is 0 Å². The van der Waals surface area contributed by atoms with E-state index in [-0.39, 0.29) is 0 Å². The van der Waals surface area contributed by atoms with Gasteiger partial charge in [0.1, 0.15) is 0 Å². The van der Waals surface area contributed by atoms with E-state index >= 15 is 0 Å². The van der Waals surface area contributed by atoms with Gasteiger partial charge in [-0.05, 0) is 43.7 Å². The molecule has 0 aromatic heterocycles. The third-order valence-corrected chi connectivity index (χ3v) is 2.31. The molecule has 0 spiro atoms. The van der Waals surface area contributed by atoms with Crippen LogP contribution in [0.2, 0.25) is 0 Å². The first kappa shape index (κ1) is 18.7. The monoisotopic (exact) mass is 293 g/mol. The molecule has 0 saturated heterocycles. The summed E-state index contributed by atoms with van der Waals surface area (Å²) in [5, 5.41) is 8.38. The van der Waals surface area contributed by atoms with Crippen LogP contribution in [0.4, 0.5) is 13.2 Å². The Labute approximate surface area is 123 Å². The summed E-state index contributed by atoms with van der Waals surface area (Å²) >= 11 is 0. The van der Waals surface area contributed by atoms with E-state index in [1.165, 1.54) is 12.5 Å². The summed E-state index contributed by atoms with van der Waals surface area (Å²) in [6.07, 6.45) is 0. The van der Waals surface area contributed by atoms with E-state index in [0.29, 0.717) is 5.56 Å². The number of nitriles is 1. The Morgan fingerprint density at radius 1 is 0.810 bits per heavy atom. The van der Waals surface area contributed by atoms with Crippen LogP contribution in [-0.4, -0.2) is 0 Å². The topological polar surface area (TPSA) is 23.8 Å². The maximum atomic E-state index is 12.2. The van der Waals surface area contributed by atoms with Gasteiger partial charge < -0.3 is 0 Å². The highest BCUT2D eigenvalue weighted by Gasteiger charge is 2.07. The van der Waals surface area contributed by atoms with E-state index in [1.807, 2.05) is 45.0 Å². The fourth-order valence-electron chi connectivity index (χ4n) is 1.31. The summed E-state index contributed by atoms with van der Waals surface area (Å²) in [5.74, 6) is -3.69. The molecule has 1 nitrogen and oxygen atoms in total. The Kier molecular flexibility index (Phi) is 8.55. The zero-order valence-electron chi connectivity index (χ0n) is 12.5. The SMILES string of the molecule is CC.Cc1cc(F)c(F)c(F)c1.Cc1ccc(C#N)cc1. The Morgan fingerprint density at radius 2 is 1.24 bits per heavy atom. The molecule has 21 heavy (non-hydrogen) atoms. The number of aryl methyl sites for hydroxylation is 2. The summed E-state index contributed by atoms with van der Waals surface area (Å²) in [5.41, 5.74) is 2.28. The minimum Gasteiger partial charge on any atom is -0.204 e. The van der Waals surface area contributed by atoms with Crippen molar-refractivity contribution in [2.45, 2.75) is 27.7 Å². The summed E-state index contributed by atoms with van der Waals surface area (Å²) in [7, 11) is 0. The molecule has 2 aromatic rings. The van der Waals surface area contributed by atoms with E-state index in [4.69, 9.17) is 5.26 Å². The molecule has 0 N–H and O–H groups in total. The largest absolute Gasteiger partial charge is 0.204 e. The smallest absolute Gasteiger partial charge is 0.194 e. The minimum atomic E-state index is -1.41. The highest BCUT2D eigenvalue weighted by Crippen LogP contribution is 2.11. The normalized spacial score (nSPS) is 8.67. The lowest BCUT2D eigenvalue weighted by molar-refractivity contribution is 0.446. The Hall–Kier alpha value is -2.28. The van der Waals surface area contributed by atoms with Gasteiger partial charge in [-0.2, -0.15) is 5.26 Å². The van der Waals surface area contributed by atoms with Crippen molar-refractivity contribution in [1.82, 2.24) is 0 Å². The standard InChI is InChI=1S/C8H7N.C7H5F3.C2H6/c1-7-2-4-8(6-9)5-3-7;1-4-2-5(8)7(10)6(9)3-4;1-2/h2-5H,1H3;2-3H,1H3;1-2H3. The second-order valence-corrected chi connectivity index (χ2v) is 4.02. The summed E-state index contributed by atoms with van der Waals surface area (Å²) in [6.45, 7) is 7.49. The maximum absolute atomic E-state index is 12.2. The second-order valence-electron chi connectivity index (χ2n) is 4.02.